The zero-order chi connectivity index (χ0) is 14.2. The summed E-state index contributed by atoms with van der Waals surface area (Å²) in [6.45, 7) is 4.34. The summed E-state index contributed by atoms with van der Waals surface area (Å²) in [5.41, 5.74) is 0.511. The van der Waals surface area contributed by atoms with Crippen molar-refractivity contribution >= 4 is 11.8 Å². The molecule has 3 aliphatic carbocycles. The van der Waals surface area contributed by atoms with Gasteiger partial charge >= 0.3 is 5.97 Å². The summed E-state index contributed by atoms with van der Waals surface area (Å²) in [6.07, 6.45) is 8.26. The first-order valence-corrected chi connectivity index (χ1v) is 7.90. The molecular weight excluding hydrogens is 252 g/mol. The van der Waals surface area contributed by atoms with Gasteiger partial charge in [-0.3, -0.25) is 9.59 Å². The van der Waals surface area contributed by atoms with E-state index in [1.807, 2.05) is 6.08 Å². The van der Waals surface area contributed by atoms with Crippen molar-refractivity contribution in [3.63, 3.8) is 0 Å². The predicted octanol–water partition coefficient (Wildman–Crippen LogP) is 3.18. The molecule has 0 aromatic carbocycles. The summed E-state index contributed by atoms with van der Waals surface area (Å²) in [5.74, 6) is 0.598. The third kappa shape index (κ3) is 1.19. The van der Waals surface area contributed by atoms with Gasteiger partial charge in [-0.05, 0) is 51.5 Å². The van der Waals surface area contributed by atoms with Crippen molar-refractivity contribution in [2.75, 3.05) is 0 Å². The van der Waals surface area contributed by atoms with Gasteiger partial charge in [0.2, 0.25) is 0 Å². The maximum absolute atomic E-state index is 12.5. The topological polar surface area (TPSA) is 43.4 Å². The molecule has 0 aromatic rings. The Morgan fingerprint density at radius 1 is 1.15 bits per heavy atom. The van der Waals surface area contributed by atoms with Gasteiger partial charge in [-0.15, -0.1) is 0 Å². The zero-order valence-electron chi connectivity index (χ0n) is 12.3. The maximum atomic E-state index is 12.5. The molecule has 3 fully saturated rings. The Hall–Kier alpha value is -1.12. The number of fused-ring (bicyclic) bond motifs is 1. The van der Waals surface area contributed by atoms with Crippen molar-refractivity contribution in [3.8, 4) is 0 Å². The number of rotatable bonds is 0. The van der Waals surface area contributed by atoms with Crippen LogP contribution >= 0.6 is 0 Å². The lowest BCUT2D eigenvalue weighted by molar-refractivity contribution is -0.167. The van der Waals surface area contributed by atoms with Crippen LogP contribution in [0.2, 0.25) is 0 Å². The first-order chi connectivity index (χ1) is 9.42. The molecule has 4 aliphatic rings. The summed E-state index contributed by atoms with van der Waals surface area (Å²) in [5, 5.41) is 0. The van der Waals surface area contributed by atoms with Crippen LogP contribution in [0.25, 0.3) is 0 Å². The second-order valence-corrected chi connectivity index (χ2v) is 7.61. The van der Waals surface area contributed by atoms with Crippen LogP contribution in [0.3, 0.4) is 0 Å². The minimum absolute atomic E-state index is 0.0133. The maximum Gasteiger partial charge on any atom is 0.312 e. The smallest absolute Gasteiger partial charge is 0.312 e. The highest BCUT2D eigenvalue weighted by Gasteiger charge is 2.72. The van der Waals surface area contributed by atoms with Gasteiger partial charge in [0.15, 0.2) is 5.78 Å². The highest BCUT2D eigenvalue weighted by Crippen LogP contribution is 2.68. The van der Waals surface area contributed by atoms with E-state index in [2.05, 4.69) is 13.8 Å². The van der Waals surface area contributed by atoms with E-state index in [0.29, 0.717) is 12.3 Å². The summed E-state index contributed by atoms with van der Waals surface area (Å²) in [4.78, 5) is 24.3. The first-order valence-electron chi connectivity index (χ1n) is 7.90. The van der Waals surface area contributed by atoms with Gasteiger partial charge in [0, 0.05) is 17.8 Å². The van der Waals surface area contributed by atoms with Crippen molar-refractivity contribution in [2.24, 2.45) is 16.7 Å². The minimum atomic E-state index is -0.331. The Morgan fingerprint density at radius 2 is 1.95 bits per heavy atom. The average Bonchev–Trinajstić information content (AvgIpc) is 2.52. The molecule has 3 heteroatoms. The number of ether oxygens (including phenoxy) is 1. The van der Waals surface area contributed by atoms with Crippen LogP contribution in [-0.2, 0) is 14.3 Å². The summed E-state index contributed by atoms with van der Waals surface area (Å²) < 4.78 is 6.10. The molecule has 0 spiro atoms. The lowest BCUT2D eigenvalue weighted by Gasteiger charge is -2.57. The Morgan fingerprint density at radius 3 is 2.75 bits per heavy atom. The van der Waals surface area contributed by atoms with E-state index < -0.39 is 0 Å². The number of hydrogen-bond acceptors (Lipinski definition) is 3. The molecule has 1 aliphatic heterocycles. The SMILES string of the molecule is C[C@]12CCC[C@]3(OC1=O)[C@@H]2CCC1=CC(=O)CC[C@@]13C. The molecule has 4 atom stereocenters. The van der Waals surface area contributed by atoms with Crippen LogP contribution in [-0.4, -0.2) is 17.4 Å². The fraction of sp³-hybridized carbons (Fsp3) is 0.765. The molecule has 20 heavy (non-hydrogen) atoms. The van der Waals surface area contributed by atoms with Gasteiger partial charge in [-0.2, -0.15) is 0 Å². The van der Waals surface area contributed by atoms with Crippen LogP contribution in [0.4, 0.5) is 0 Å². The summed E-state index contributed by atoms with van der Waals surface area (Å²) in [6, 6.07) is 0. The molecule has 1 heterocycles. The molecule has 1 saturated heterocycles. The van der Waals surface area contributed by atoms with Crippen molar-refractivity contribution in [1.82, 2.24) is 0 Å². The molecule has 3 nitrogen and oxygen atoms in total. The number of carbonyl (C=O) groups is 2. The van der Waals surface area contributed by atoms with Crippen LogP contribution in [0.1, 0.15) is 58.8 Å². The Balaban J connectivity index is 1.89. The van der Waals surface area contributed by atoms with E-state index in [0.717, 1.165) is 38.5 Å². The predicted molar refractivity (Wildman–Crippen MR) is 73.9 cm³/mol. The summed E-state index contributed by atoms with van der Waals surface area (Å²) >= 11 is 0. The molecule has 0 aromatic heterocycles. The standard InChI is InChI=1S/C17H22O3/c1-15-7-3-8-17(20-14(15)19)13(15)5-4-11-10-12(18)6-9-16(11,17)2/h10,13H,3-9H2,1-2H3/t13-,15-,16+,17+/m1/s1. The fourth-order valence-electron chi connectivity index (χ4n) is 5.65. The number of esters is 1. The van der Waals surface area contributed by atoms with Gasteiger partial charge in [0.25, 0.3) is 0 Å². The molecule has 108 valence electrons. The van der Waals surface area contributed by atoms with Crippen molar-refractivity contribution in [2.45, 2.75) is 64.4 Å². The van der Waals surface area contributed by atoms with Gasteiger partial charge in [0.05, 0.1) is 5.41 Å². The van der Waals surface area contributed by atoms with E-state index >= 15 is 0 Å². The van der Waals surface area contributed by atoms with Crippen LogP contribution < -0.4 is 0 Å². The average molecular weight is 274 g/mol. The van der Waals surface area contributed by atoms with Crippen molar-refractivity contribution in [1.29, 1.82) is 0 Å². The van der Waals surface area contributed by atoms with E-state index in [4.69, 9.17) is 4.74 Å². The van der Waals surface area contributed by atoms with E-state index in [9.17, 15) is 9.59 Å². The monoisotopic (exact) mass is 274 g/mol. The molecule has 0 amide bonds. The van der Waals surface area contributed by atoms with Crippen molar-refractivity contribution in [3.05, 3.63) is 11.6 Å². The molecule has 0 N–H and O–H groups in total. The molecular formula is C17H22O3. The lowest BCUT2D eigenvalue weighted by Crippen LogP contribution is -2.58. The van der Waals surface area contributed by atoms with Crippen molar-refractivity contribution < 1.29 is 14.3 Å². The Bertz CT molecular complexity index is 548. The van der Waals surface area contributed by atoms with Crippen LogP contribution in [0, 0.1) is 16.7 Å². The minimum Gasteiger partial charge on any atom is -0.457 e. The third-order valence-electron chi connectivity index (χ3n) is 6.87. The normalized spacial score (nSPS) is 50.1. The van der Waals surface area contributed by atoms with E-state index in [1.165, 1.54) is 5.57 Å². The molecule has 0 radical (unpaired) electrons. The van der Waals surface area contributed by atoms with Gasteiger partial charge < -0.3 is 4.74 Å². The molecule has 2 saturated carbocycles. The van der Waals surface area contributed by atoms with Crippen LogP contribution in [0.5, 0.6) is 0 Å². The van der Waals surface area contributed by atoms with Crippen LogP contribution in [0.15, 0.2) is 11.6 Å². The second kappa shape index (κ2) is 3.55. The second-order valence-electron chi connectivity index (χ2n) is 7.61. The summed E-state index contributed by atoms with van der Waals surface area (Å²) in [7, 11) is 0. The number of allylic oxidation sites excluding steroid dienone is 1. The zero-order valence-corrected chi connectivity index (χ0v) is 12.3. The number of ketones is 1. The highest BCUT2D eigenvalue weighted by molar-refractivity contribution is 5.92. The first kappa shape index (κ1) is 12.6. The van der Waals surface area contributed by atoms with E-state index in [1.54, 1.807) is 0 Å². The van der Waals surface area contributed by atoms with Gasteiger partial charge in [-0.25, -0.2) is 0 Å². The molecule has 2 bridgehead atoms. The molecule has 0 unspecified atom stereocenters. The Labute approximate surface area is 119 Å². The third-order valence-corrected chi connectivity index (χ3v) is 6.87. The van der Waals surface area contributed by atoms with E-state index in [-0.39, 0.29) is 28.2 Å². The highest BCUT2D eigenvalue weighted by atomic mass is 16.6. The number of hydrogen-bond donors (Lipinski definition) is 0. The molecule has 4 rings (SSSR count). The number of carbonyl (C=O) groups excluding carboxylic acids is 2. The van der Waals surface area contributed by atoms with Gasteiger partial charge in [-0.1, -0.05) is 12.5 Å². The van der Waals surface area contributed by atoms with Gasteiger partial charge in [0.1, 0.15) is 5.60 Å². The Kier molecular flexibility index (Phi) is 2.24. The fourth-order valence-corrected chi connectivity index (χ4v) is 5.65. The quantitative estimate of drug-likeness (QED) is 0.637. The largest absolute Gasteiger partial charge is 0.457 e. The lowest BCUT2D eigenvalue weighted by atomic mass is 9.47.